The maximum Gasteiger partial charge on any atom is 0.253 e. The second-order valence-corrected chi connectivity index (χ2v) is 10.0. The monoisotopic (exact) mass is 488 g/mol. The van der Waals surface area contributed by atoms with Gasteiger partial charge in [-0.15, -0.1) is 0 Å². The quantitative estimate of drug-likeness (QED) is 0.447. The Balaban J connectivity index is 1.37. The molecule has 2 N–H and O–H groups in total. The third kappa shape index (κ3) is 3.92. The molecule has 0 radical (unpaired) electrons. The number of hydrogen-bond donors (Lipinski definition) is 1. The number of aryl methyl sites for hydroxylation is 1. The molecule has 2 atom stereocenters. The van der Waals surface area contributed by atoms with E-state index in [9.17, 15) is 4.79 Å². The molecule has 1 aliphatic carbocycles. The molecule has 6 rings (SSSR count). The van der Waals surface area contributed by atoms with Crippen LogP contribution in [0.15, 0.2) is 36.4 Å². The number of amides is 1. The number of ether oxygens (including phenoxy) is 2. The second-order valence-electron chi connectivity index (χ2n) is 10.0. The number of nitrogens with zero attached hydrogens (tertiary/aromatic N) is 5. The van der Waals surface area contributed by atoms with Crippen molar-refractivity contribution in [2.24, 2.45) is 18.7 Å². The Morgan fingerprint density at radius 3 is 2.67 bits per heavy atom. The molecule has 36 heavy (non-hydrogen) atoms. The summed E-state index contributed by atoms with van der Waals surface area (Å²) < 4.78 is 15.2. The predicted molar refractivity (Wildman–Crippen MR) is 138 cm³/mol. The summed E-state index contributed by atoms with van der Waals surface area (Å²) in [4.78, 5) is 24.8. The van der Waals surface area contributed by atoms with E-state index in [0.29, 0.717) is 30.5 Å². The number of rotatable bonds is 6. The van der Waals surface area contributed by atoms with Gasteiger partial charge in [-0.3, -0.25) is 4.79 Å². The second kappa shape index (κ2) is 8.90. The molecule has 4 heterocycles. The molecule has 0 spiro atoms. The number of piperidine rings is 1. The van der Waals surface area contributed by atoms with Crippen molar-refractivity contribution in [2.75, 3.05) is 27.3 Å². The lowest BCUT2D eigenvalue weighted by Gasteiger charge is -2.35. The fourth-order valence-electron chi connectivity index (χ4n) is 5.33. The first-order chi connectivity index (χ1) is 17.5. The number of methoxy groups -OCH3 is 2. The maximum absolute atomic E-state index is 13.3. The highest BCUT2D eigenvalue weighted by Crippen LogP contribution is 2.36. The zero-order valence-corrected chi connectivity index (χ0v) is 21.0. The zero-order valence-electron chi connectivity index (χ0n) is 21.0. The molecule has 1 amide bonds. The lowest BCUT2D eigenvalue weighted by Crippen LogP contribution is -2.53. The maximum atomic E-state index is 13.3. The van der Waals surface area contributed by atoms with Crippen LogP contribution in [0.2, 0.25) is 0 Å². The minimum absolute atomic E-state index is 0.00766. The van der Waals surface area contributed by atoms with E-state index < -0.39 is 0 Å². The van der Waals surface area contributed by atoms with Gasteiger partial charge in [0, 0.05) is 56.8 Å². The molecular formula is C27H32N6O3. The first kappa shape index (κ1) is 23.0. The van der Waals surface area contributed by atoms with Crippen molar-refractivity contribution in [3.63, 3.8) is 0 Å². The number of carbonyl (C=O) groups is 1. The number of nitrogens with two attached hydrogens (primary N) is 1. The van der Waals surface area contributed by atoms with Crippen molar-refractivity contribution in [2.45, 2.75) is 38.0 Å². The fourth-order valence-corrected chi connectivity index (χ4v) is 5.33. The number of likely N-dealkylation sites (tertiary alicyclic amines) is 1. The van der Waals surface area contributed by atoms with Crippen LogP contribution >= 0.6 is 0 Å². The summed E-state index contributed by atoms with van der Waals surface area (Å²) in [7, 11) is 5.33. The van der Waals surface area contributed by atoms with E-state index in [2.05, 4.69) is 15.2 Å². The highest BCUT2D eigenvalue weighted by atomic mass is 16.5. The van der Waals surface area contributed by atoms with Gasteiger partial charge in [-0.1, -0.05) is 0 Å². The van der Waals surface area contributed by atoms with E-state index in [0.717, 1.165) is 46.6 Å². The topological polar surface area (TPSA) is 100 Å². The molecule has 188 valence electrons. The highest BCUT2D eigenvalue weighted by Gasteiger charge is 2.30. The molecule has 2 aliphatic rings. The largest absolute Gasteiger partial charge is 0.481 e. The van der Waals surface area contributed by atoms with Crippen molar-refractivity contribution in [1.29, 1.82) is 0 Å². The first-order valence-corrected chi connectivity index (χ1v) is 12.6. The molecule has 1 aliphatic heterocycles. The van der Waals surface area contributed by atoms with Crippen LogP contribution in [0.3, 0.4) is 0 Å². The predicted octanol–water partition coefficient (Wildman–Crippen LogP) is 3.20. The van der Waals surface area contributed by atoms with E-state index in [1.54, 1.807) is 14.2 Å². The summed E-state index contributed by atoms with van der Waals surface area (Å²) in [6.07, 6.45) is 3.21. The van der Waals surface area contributed by atoms with Crippen LogP contribution in [-0.2, 0) is 18.3 Å². The SMILES string of the molecule is COc1ccc2cc(-c3nc4cc(C(=O)N5CC[C@@H](OC)[C@@H](N)C5)ccc4n3C)n(CC3CC3)c2n1. The van der Waals surface area contributed by atoms with Crippen molar-refractivity contribution in [3.8, 4) is 17.4 Å². The third-order valence-electron chi connectivity index (χ3n) is 7.60. The van der Waals surface area contributed by atoms with Gasteiger partial charge in [-0.05, 0) is 55.5 Å². The van der Waals surface area contributed by atoms with Gasteiger partial charge >= 0.3 is 0 Å². The molecule has 1 saturated heterocycles. The van der Waals surface area contributed by atoms with Gasteiger partial charge in [0.2, 0.25) is 5.88 Å². The van der Waals surface area contributed by atoms with E-state index in [4.69, 9.17) is 25.2 Å². The third-order valence-corrected chi connectivity index (χ3v) is 7.60. The first-order valence-electron chi connectivity index (χ1n) is 12.6. The molecular weight excluding hydrogens is 456 g/mol. The van der Waals surface area contributed by atoms with E-state index in [1.807, 2.05) is 42.3 Å². The summed E-state index contributed by atoms with van der Waals surface area (Å²) in [6.45, 7) is 2.03. The van der Waals surface area contributed by atoms with Gasteiger partial charge in [-0.25, -0.2) is 4.98 Å². The van der Waals surface area contributed by atoms with E-state index >= 15 is 0 Å². The normalized spacial score (nSPS) is 20.4. The van der Waals surface area contributed by atoms with Crippen molar-refractivity contribution < 1.29 is 14.3 Å². The Bertz CT molecular complexity index is 1450. The Hall–Kier alpha value is -3.43. The number of fused-ring (bicyclic) bond motifs is 2. The molecule has 4 aromatic rings. The van der Waals surface area contributed by atoms with E-state index in [-0.39, 0.29) is 18.1 Å². The lowest BCUT2D eigenvalue weighted by atomic mass is 10.0. The Kier molecular flexibility index (Phi) is 5.69. The number of imidazole rings is 1. The number of carbonyl (C=O) groups excluding carboxylic acids is 1. The highest BCUT2D eigenvalue weighted by molar-refractivity contribution is 5.98. The molecule has 1 saturated carbocycles. The molecule has 9 heteroatoms. The zero-order chi connectivity index (χ0) is 25.0. The van der Waals surface area contributed by atoms with Crippen LogP contribution in [0.5, 0.6) is 5.88 Å². The van der Waals surface area contributed by atoms with Crippen LogP contribution in [0.25, 0.3) is 33.6 Å². The van der Waals surface area contributed by atoms with Gasteiger partial charge in [0.1, 0.15) is 5.65 Å². The summed E-state index contributed by atoms with van der Waals surface area (Å²) in [5.41, 5.74) is 10.6. The Morgan fingerprint density at radius 2 is 1.94 bits per heavy atom. The van der Waals surface area contributed by atoms with Crippen LogP contribution in [0, 0.1) is 5.92 Å². The molecule has 2 fully saturated rings. The van der Waals surface area contributed by atoms with Gasteiger partial charge in [-0.2, -0.15) is 4.98 Å². The van der Waals surface area contributed by atoms with Gasteiger partial charge in [0.15, 0.2) is 5.82 Å². The number of pyridine rings is 1. The summed E-state index contributed by atoms with van der Waals surface area (Å²) in [5, 5.41) is 1.06. The van der Waals surface area contributed by atoms with Gasteiger partial charge in [0.25, 0.3) is 5.91 Å². The van der Waals surface area contributed by atoms with Crippen molar-refractivity contribution >= 4 is 28.0 Å². The molecule has 0 bridgehead atoms. The summed E-state index contributed by atoms with van der Waals surface area (Å²) in [6, 6.07) is 11.7. The molecule has 0 unspecified atom stereocenters. The van der Waals surface area contributed by atoms with Crippen LogP contribution < -0.4 is 10.5 Å². The summed E-state index contributed by atoms with van der Waals surface area (Å²) >= 11 is 0. The summed E-state index contributed by atoms with van der Waals surface area (Å²) in [5.74, 6) is 2.11. The minimum Gasteiger partial charge on any atom is -0.481 e. The molecule has 9 nitrogen and oxygen atoms in total. The standard InChI is InChI=1S/C27H32N6O3/c1-31-21-8-6-18(27(34)32-11-10-23(35-2)19(28)15-32)12-20(21)29-26(31)22-13-17-7-9-24(36-3)30-25(17)33(22)14-16-4-5-16/h6-9,12-13,16,19,23H,4-5,10-11,14-15,28H2,1-3H3/t19-,23+/m0/s1. The number of hydrogen-bond acceptors (Lipinski definition) is 6. The van der Waals surface area contributed by atoms with Crippen LogP contribution in [-0.4, -0.2) is 69.4 Å². The molecule has 1 aromatic carbocycles. The average molecular weight is 489 g/mol. The van der Waals surface area contributed by atoms with Crippen LogP contribution in [0.1, 0.15) is 29.6 Å². The van der Waals surface area contributed by atoms with Crippen LogP contribution in [0.4, 0.5) is 0 Å². The Labute approximate surface area is 209 Å². The Morgan fingerprint density at radius 1 is 1.11 bits per heavy atom. The van der Waals surface area contributed by atoms with Crippen molar-refractivity contribution in [1.82, 2.24) is 24.0 Å². The average Bonchev–Trinajstić information content (AvgIpc) is 3.57. The lowest BCUT2D eigenvalue weighted by molar-refractivity contribution is 0.0227. The minimum atomic E-state index is -0.182. The number of benzene rings is 1. The number of aromatic nitrogens is 4. The fraction of sp³-hybridized carbons (Fsp3) is 0.444. The van der Waals surface area contributed by atoms with Gasteiger partial charge in [0.05, 0.1) is 29.9 Å². The van der Waals surface area contributed by atoms with Crippen molar-refractivity contribution in [3.05, 3.63) is 42.0 Å². The smallest absolute Gasteiger partial charge is 0.253 e. The van der Waals surface area contributed by atoms with Gasteiger partial charge < -0.3 is 29.2 Å². The molecule has 3 aromatic heterocycles. The van der Waals surface area contributed by atoms with E-state index in [1.165, 1.54) is 12.8 Å².